The van der Waals surface area contributed by atoms with E-state index < -0.39 is 0 Å². The fourth-order valence-corrected chi connectivity index (χ4v) is 1.31. The number of hydrogen-bond acceptors (Lipinski definition) is 2. The predicted molar refractivity (Wildman–Crippen MR) is 45.7 cm³/mol. The SMILES string of the molecule is CCC1=C(CC)C(=O)CC=N1. The van der Waals surface area contributed by atoms with Crippen LogP contribution in [0.25, 0.3) is 0 Å². The minimum Gasteiger partial charge on any atom is -0.294 e. The molecule has 2 heteroatoms. The topological polar surface area (TPSA) is 29.4 Å². The van der Waals surface area contributed by atoms with Crippen molar-refractivity contribution in [1.29, 1.82) is 0 Å². The molecule has 0 spiro atoms. The van der Waals surface area contributed by atoms with Gasteiger partial charge in [0.25, 0.3) is 0 Å². The summed E-state index contributed by atoms with van der Waals surface area (Å²) in [5.41, 5.74) is 1.90. The van der Waals surface area contributed by atoms with Gasteiger partial charge in [0.1, 0.15) is 0 Å². The highest BCUT2D eigenvalue weighted by Crippen LogP contribution is 2.18. The number of nitrogens with zero attached hydrogens (tertiary/aromatic N) is 1. The van der Waals surface area contributed by atoms with Gasteiger partial charge in [0.2, 0.25) is 0 Å². The molecule has 0 amide bonds. The molecule has 0 aliphatic carbocycles. The number of allylic oxidation sites excluding steroid dienone is 2. The molecule has 0 N–H and O–H groups in total. The smallest absolute Gasteiger partial charge is 0.165 e. The maximum absolute atomic E-state index is 11.2. The normalized spacial score (nSPS) is 17.8. The number of Topliss-reactive ketones (excluding diaryl/α,β-unsaturated/α-hetero) is 1. The molecule has 1 rings (SSSR count). The summed E-state index contributed by atoms with van der Waals surface area (Å²) >= 11 is 0. The molecule has 11 heavy (non-hydrogen) atoms. The lowest BCUT2D eigenvalue weighted by molar-refractivity contribution is -0.114. The van der Waals surface area contributed by atoms with Gasteiger partial charge in [-0.3, -0.25) is 9.79 Å². The van der Waals surface area contributed by atoms with Crippen LogP contribution in [0.5, 0.6) is 0 Å². The highest BCUT2D eigenvalue weighted by atomic mass is 16.1. The number of aliphatic imine (C=N–C) groups is 1. The standard InChI is InChI=1S/C9H13NO/c1-3-7-8(4-2)10-6-5-9(7)11/h6H,3-5H2,1-2H3. The first-order valence-corrected chi connectivity index (χ1v) is 4.07. The van der Waals surface area contributed by atoms with E-state index in [1.165, 1.54) is 0 Å². The second kappa shape index (κ2) is 3.46. The van der Waals surface area contributed by atoms with Crippen molar-refractivity contribution in [3.63, 3.8) is 0 Å². The quantitative estimate of drug-likeness (QED) is 0.594. The molecule has 0 fully saturated rings. The third-order valence-corrected chi connectivity index (χ3v) is 1.90. The molecule has 0 saturated heterocycles. The van der Waals surface area contributed by atoms with E-state index in [1.807, 2.05) is 13.8 Å². The molecule has 1 aliphatic rings. The van der Waals surface area contributed by atoms with Crippen molar-refractivity contribution in [2.45, 2.75) is 33.1 Å². The maximum Gasteiger partial charge on any atom is 0.165 e. The molecule has 0 atom stereocenters. The molecule has 0 aromatic carbocycles. The summed E-state index contributed by atoms with van der Waals surface area (Å²) in [6, 6.07) is 0. The summed E-state index contributed by atoms with van der Waals surface area (Å²) in [5, 5.41) is 0. The van der Waals surface area contributed by atoms with E-state index in [0.717, 1.165) is 24.1 Å². The Labute approximate surface area is 67.0 Å². The van der Waals surface area contributed by atoms with E-state index in [-0.39, 0.29) is 5.78 Å². The van der Waals surface area contributed by atoms with Crippen LogP contribution >= 0.6 is 0 Å². The molecular formula is C9H13NO. The molecule has 1 aliphatic heterocycles. The lowest BCUT2D eigenvalue weighted by Crippen LogP contribution is -2.09. The Kier molecular flexibility index (Phi) is 2.58. The van der Waals surface area contributed by atoms with E-state index in [4.69, 9.17) is 0 Å². The van der Waals surface area contributed by atoms with E-state index in [9.17, 15) is 4.79 Å². The van der Waals surface area contributed by atoms with Crippen LogP contribution in [0, 0.1) is 0 Å². The average Bonchev–Trinajstić information content (AvgIpc) is 2.04. The van der Waals surface area contributed by atoms with Crippen LogP contribution in [0.15, 0.2) is 16.3 Å². The minimum atomic E-state index is 0.249. The average molecular weight is 151 g/mol. The second-order valence-electron chi connectivity index (χ2n) is 2.57. The van der Waals surface area contributed by atoms with Gasteiger partial charge < -0.3 is 0 Å². The predicted octanol–water partition coefficient (Wildman–Crippen LogP) is 2.10. The van der Waals surface area contributed by atoms with Crippen LogP contribution in [0.4, 0.5) is 0 Å². The molecule has 0 aromatic rings. The molecule has 0 unspecified atom stereocenters. The summed E-state index contributed by atoms with van der Waals surface area (Å²) in [7, 11) is 0. The Morgan fingerprint density at radius 1 is 1.45 bits per heavy atom. The van der Waals surface area contributed by atoms with Gasteiger partial charge in [-0.25, -0.2) is 0 Å². The number of ketones is 1. The second-order valence-corrected chi connectivity index (χ2v) is 2.57. The van der Waals surface area contributed by atoms with Crippen LogP contribution in [-0.2, 0) is 4.79 Å². The molecular weight excluding hydrogens is 138 g/mol. The molecule has 2 nitrogen and oxygen atoms in total. The zero-order valence-corrected chi connectivity index (χ0v) is 7.05. The van der Waals surface area contributed by atoms with E-state index in [0.29, 0.717) is 6.42 Å². The van der Waals surface area contributed by atoms with E-state index in [2.05, 4.69) is 4.99 Å². The van der Waals surface area contributed by atoms with Crippen LogP contribution in [0.3, 0.4) is 0 Å². The summed E-state index contributed by atoms with van der Waals surface area (Å²) in [6.45, 7) is 4.03. The number of carbonyl (C=O) groups excluding carboxylic acids is 1. The summed E-state index contributed by atoms with van der Waals surface area (Å²) < 4.78 is 0. The fourth-order valence-electron chi connectivity index (χ4n) is 1.31. The van der Waals surface area contributed by atoms with Crippen molar-refractivity contribution < 1.29 is 4.79 Å². The van der Waals surface area contributed by atoms with Gasteiger partial charge in [-0.1, -0.05) is 13.8 Å². The van der Waals surface area contributed by atoms with Crippen molar-refractivity contribution >= 4 is 12.0 Å². The van der Waals surface area contributed by atoms with Gasteiger partial charge in [0.15, 0.2) is 5.78 Å². The van der Waals surface area contributed by atoms with E-state index in [1.54, 1.807) is 6.21 Å². The number of carbonyl (C=O) groups is 1. The molecule has 0 bridgehead atoms. The van der Waals surface area contributed by atoms with Crippen LogP contribution in [0.1, 0.15) is 33.1 Å². The zero-order chi connectivity index (χ0) is 8.27. The van der Waals surface area contributed by atoms with Crippen molar-refractivity contribution in [3.05, 3.63) is 11.3 Å². The van der Waals surface area contributed by atoms with Crippen molar-refractivity contribution in [3.8, 4) is 0 Å². The molecule has 1 heterocycles. The third kappa shape index (κ3) is 1.56. The van der Waals surface area contributed by atoms with Gasteiger partial charge in [0.05, 0.1) is 0 Å². The molecule has 0 saturated carbocycles. The van der Waals surface area contributed by atoms with Crippen molar-refractivity contribution in [2.24, 2.45) is 4.99 Å². The summed E-state index contributed by atoms with van der Waals surface area (Å²) in [4.78, 5) is 15.4. The lowest BCUT2D eigenvalue weighted by atomic mass is 10.0. The van der Waals surface area contributed by atoms with Crippen molar-refractivity contribution in [2.75, 3.05) is 0 Å². The Bertz CT molecular complexity index is 226. The Morgan fingerprint density at radius 3 is 2.64 bits per heavy atom. The number of rotatable bonds is 2. The minimum absolute atomic E-state index is 0.249. The maximum atomic E-state index is 11.2. The van der Waals surface area contributed by atoms with Gasteiger partial charge in [-0.15, -0.1) is 0 Å². The number of hydrogen-bond donors (Lipinski definition) is 0. The van der Waals surface area contributed by atoms with E-state index >= 15 is 0 Å². The first-order valence-electron chi connectivity index (χ1n) is 4.07. The van der Waals surface area contributed by atoms with Crippen LogP contribution < -0.4 is 0 Å². The van der Waals surface area contributed by atoms with Crippen LogP contribution in [0.2, 0.25) is 0 Å². The highest BCUT2D eigenvalue weighted by molar-refractivity contribution is 6.05. The molecule has 0 radical (unpaired) electrons. The zero-order valence-electron chi connectivity index (χ0n) is 7.05. The fraction of sp³-hybridized carbons (Fsp3) is 0.556. The molecule has 0 aromatic heterocycles. The van der Waals surface area contributed by atoms with Gasteiger partial charge in [-0.2, -0.15) is 0 Å². The van der Waals surface area contributed by atoms with Gasteiger partial charge >= 0.3 is 0 Å². The summed E-state index contributed by atoms with van der Waals surface area (Å²) in [6.07, 6.45) is 3.89. The third-order valence-electron chi connectivity index (χ3n) is 1.90. The van der Waals surface area contributed by atoms with Crippen LogP contribution in [-0.4, -0.2) is 12.0 Å². The van der Waals surface area contributed by atoms with Gasteiger partial charge in [-0.05, 0) is 12.8 Å². The van der Waals surface area contributed by atoms with Crippen molar-refractivity contribution in [1.82, 2.24) is 0 Å². The Hall–Kier alpha value is -0.920. The lowest BCUT2D eigenvalue weighted by Gasteiger charge is -2.10. The Morgan fingerprint density at radius 2 is 2.18 bits per heavy atom. The summed E-state index contributed by atoms with van der Waals surface area (Å²) in [5.74, 6) is 0.249. The first-order chi connectivity index (χ1) is 5.29. The van der Waals surface area contributed by atoms with Gasteiger partial charge in [0, 0.05) is 23.9 Å². The first kappa shape index (κ1) is 8.18. The Balaban J connectivity index is 2.95. The largest absolute Gasteiger partial charge is 0.294 e. The molecule has 60 valence electrons. The highest BCUT2D eigenvalue weighted by Gasteiger charge is 2.14. The monoisotopic (exact) mass is 151 g/mol.